The van der Waals surface area contributed by atoms with Gasteiger partial charge in [-0.15, -0.1) is 0 Å². The molecular weight excluding hydrogens is 262 g/mol. The van der Waals surface area contributed by atoms with E-state index >= 15 is 0 Å². The highest BCUT2D eigenvalue weighted by molar-refractivity contribution is 5.57. The highest BCUT2D eigenvalue weighted by Gasteiger charge is 2.41. The number of rotatable bonds is 7. The van der Waals surface area contributed by atoms with E-state index in [2.05, 4.69) is 15.7 Å². The first-order chi connectivity index (χ1) is 10.3. The van der Waals surface area contributed by atoms with Crippen LogP contribution in [0.1, 0.15) is 55.8 Å². The van der Waals surface area contributed by atoms with Crippen molar-refractivity contribution in [3.05, 3.63) is 11.4 Å². The van der Waals surface area contributed by atoms with Gasteiger partial charge < -0.3 is 10.7 Å². The first-order valence-corrected chi connectivity index (χ1v) is 8.35. The third-order valence-electron chi connectivity index (χ3n) is 5.20. The van der Waals surface area contributed by atoms with E-state index in [0.29, 0.717) is 5.92 Å². The average molecular weight is 287 g/mol. The van der Waals surface area contributed by atoms with Crippen molar-refractivity contribution in [3.8, 4) is 0 Å². The van der Waals surface area contributed by atoms with Crippen LogP contribution in [0.2, 0.25) is 0 Å². The lowest BCUT2D eigenvalue weighted by Crippen LogP contribution is -2.21. The monoisotopic (exact) mass is 287 g/mol. The Labute approximate surface area is 126 Å². The molecule has 1 aromatic rings. The second kappa shape index (κ2) is 5.13. The highest BCUT2D eigenvalue weighted by atomic mass is 15.3. The number of hydrogen-bond donors (Lipinski definition) is 3. The number of nitrogen functional groups attached to an aromatic ring is 1. The second-order valence-corrected chi connectivity index (χ2v) is 7.04. The topological polar surface area (TPSA) is 75.9 Å². The van der Waals surface area contributed by atoms with Gasteiger partial charge in [-0.25, -0.2) is 15.8 Å². The molecule has 0 amide bonds. The smallest absolute Gasteiger partial charge is 0.148 e. The van der Waals surface area contributed by atoms with Crippen molar-refractivity contribution >= 4 is 11.6 Å². The normalized spacial score (nSPS) is 21.7. The van der Waals surface area contributed by atoms with Crippen molar-refractivity contribution < 1.29 is 0 Å². The van der Waals surface area contributed by atoms with Gasteiger partial charge in [-0.1, -0.05) is 0 Å². The summed E-state index contributed by atoms with van der Waals surface area (Å²) in [4.78, 5) is 9.30. The Hall–Kier alpha value is -1.36. The van der Waals surface area contributed by atoms with E-state index in [1.54, 1.807) is 0 Å². The van der Waals surface area contributed by atoms with Gasteiger partial charge in [0.15, 0.2) is 0 Å². The largest absolute Gasteiger partial charge is 0.369 e. The standard InChI is InChI=1S/C16H25N5/c1-9-14(18-8-13(10-2-3-10)11-4-5-11)19-16(12-6-7-12)20-15(9)21-17/h10-13H,2-8,17H2,1H3,(H2,18,19,20,21). The van der Waals surface area contributed by atoms with Crippen LogP contribution in [-0.4, -0.2) is 16.5 Å². The molecule has 4 rings (SSSR count). The summed E-state index contributed by atoms with van der Waals surface area (Å²) in [5, 5.41) is 3.61. The third kappa shape index (κ3) is 2.84. The molecule has 1 heterocycles. The molecule has 0 bridgehead atoms. The number of nitrogens with one attached hydrogen (secondary N) is 2. The van der Waals surface area contributed by atoms with Crippen molar-refractivity contribution in [2.24, 2.45) is 23.6 Å². The van der Waals surface area contributed by atoms with Gasteiger partial charge in [0.25, 0.3) is 0 Å². The lowest BCUT2D eigenvalue weighted by molar-refractivity contribution is 0.427. The quantitative estimate of drug-likeness (QED) is 0.531. The van der Waals surface area contributed by atoms with Gasteiger partial charge in [0.1, 0.15) is 17.5 Å². The van der Waals surface area contributed by atoms with Crippen LogP contribution in [0.4, 0.5) is 11.6 Å². The van der Waals surface area contributed by atoms with Crippen LogP contribution < -0.4 is 16.6 Å². The van der Waals surface area contributed by atoms with Crippen LogP contribution in [0.25, 0.3) is 0 Å². The fraction of sp³-hybridized carbons (Fsp3) is 0.750. The molecule has 0 aliphatic heterocycles. The summed E-state index contributed by atoms with van der Waals surface area (Å²) in [5.74, 6) is 11.6. The van der Waals surface area contributed by atoms with Crippen molar-refractivity contribution in [1.29, 1.82) is 0 Å². The van der Waals surface area contributed by atoms with Crippen LogP contribution in [-0.2, 0) is 0 Å². The Morgan fingerprint density at radius 1 is 1.05 bits per heavy atom. The van der Waals surface area contributed by atoms with E-state index in [1.165, 1.54) is 38.5 Å². The zero-order valence-electron chi connectivity index (χ0n) is 12.7. The predicted molar refractivity (Wildman–Crippen MR) is 84.0 cm³/mol. The Kier molecular flexibility index (Phi) is 3.25. The summed E-state index contributed by atoms with van der Waals surface area (Å²) < 4.78 is 0. The molecule has 4 N–H and O–H groups in total. The molecular formula is C16H25N5. The number of nitrogens with two attached hydrogens (primary N) is 1. The summed E-state index contributed by atoms with van der Waals surface area (Å²) >= 11 is 0. The van der Waals surface area contributed by atoms with Crippen molar-refractivity contribution in [2.45, 2.75) is 51.4 Å². The summed E-state index contributed by atoms with van der Waals surface area (Å²) in [6, 6.07) is 0. The fourth-order valence-corrected chi connectivity index (χ4v) is 3.35. The van der Waals surface area contributed by atoms with Crippen LogP contribution in [0.15, 0.2) is 0 Å². The SMILES string of the molecule is Cc1c(NN)nc(C2CC2)nc1NCC(C1CC1)C1CC1. The number of nitrogens with zero attached hydrogens (tertiary/aromatic N) is 2. The van der Waals surface area contributed by atoms with E-state index in [0.717, 1.165) is 47.3 Å². The maximum absolute atomic E-state index is 5.61. The zero-order chi connectivity index (χ0) is 14.4. The second-order valence-electron chi connectivity index (χ2n) is 7.04. The molecule has 3 aliphatic rings. The molecule has 0 aromatic carbocycles. The Morgan fingerprint density at radius 3 is 2.19 bits per heavy atom. The van der Waals surface area contributed by atoms with E-state index in [1.807, 2.05) is 6.92 Å². The van der Waals surface area contributed by atoms with Crippen LogP contribution in [0.5, 0.6) is 0 Å². The van der Waals surface area contributed by atoms with E-state index in [9.17, 15) is 0 Å². The van der Waals surface area contributed by atoms with Crippen molar-refractivity contribution in [1.82, 2.24) is 9.97 Å². The number of anilines is 2. The Morgan fingerprint density at radius 2 is 1.67 bits per heavy atom. The number of hydrazine groups is 1. The van der Waals surface area contributed by atoms with Gasteiger partial charge in [-0.3, -0.25) is 0 Å². The molecule has 114 valence electrons. The van der Waals surface area contributed by atoms with Gasteiger partial charge in [0, 0.05) is 18.0 Å². The van der Waals surface area contributed by atoms with Crippen molar-refractivity contribution in [3.63, 3.8) is 0 Å². The van der Waals surface area contributed by atoms with E-state index in [-0.39, 0.29) is 0 Å². The lowest BCUT2D eigenvalue weighted by Gasteiger charge is -2.19. The van der Waals surface area contributed by atoms with Gasteiger partial charge in [-0.2, -0.15) is 0 Å². The minimum Gasteiger partial charge on any atom is -0.369 e. The first-order valence-electron chi connectivity index (χ1n) is 8.35. The summed E-state index contributed by atoms with van der Waals surface area (Å²) in [6.07, 6.45) is 8.12. The molecule has 0 atom stereocenters. The molecule has 3 saturated carbocycles. The molecule has 5 heteroatoms. The molecule has 0 saturated heterocycles. The minimum atomic E-state index is 0.543. The average Bonchev–Trinajstić information content (AvgIpc) is 3.35. The maximum atomic E-state index is 5.61. The van der Waals surface area contributed by atoms with Gasteiger partial charge in [0.2, 0.25) is 0 Å². The lowest BCUT2D eigenvalue weighted by atomic mass is 9.98. The summed E-state index contributed by atoms with van der Waals surface area (Å²) in [7, 11) is 0. The fourth-order valence-electron chi connectivity index (χ4n) is 3.35. The van der Waals surface area contributed by atoms with Crippen LogP contribution in [0.3, 0.4) is 0 Å². The van der Waals surface area contributed by atoms with Crippen LogP contribution in [0, 0.1) is 24.7 Å². The van der Waals surface area contributed by atoms with E-state index in [4.69, 9.17) is 10.8 Å². The molecule has 0 radical (unpaired) electrons. The molecule has 5 nitrogen and oxygen atoms in total. The van der Waals surface area contributed by atoms with Crippen molar-refractivity contribution in [2.75, 3.05) is 17.3 Å². The maximum Gasteiger partial charge on any atom is 0.148 e. The van der Waals surface area contributed by atoms with Gasteiger partial charge in [-0.05, 0) is 63.2 Å². The first kappa shape index (κ1) is 13.3. The molecule has 3 aliphatic carbocycles. The molecule has 21 heavy (non-hydrogen) atoms. The molecule has 0 spiro atoms. The summed E-state index contributed by atoms with van der Waals surface area (Å²) in [5.41, 5.74) is 3.76. The Bertz CT molecular complexity index is 520. The molecule has 0 unspecified atom stereocenters. The predicted octanol–water partition coefficient (Wildman–Crippen LogP) is 2.80. The van der Waals surface area contributed by atoms with Gasteiger partial charge in [0.05, 0.1) is 0 Å². The third-order valence-corrected chi connectivity index (χ3v) is 5.20. The molecule has 3 fully saturated rings. The van der Waals surface area contributed by atoms with Crippen LogP contribution >= 0.6 is 0 Å². The Balaban J connectivity index is 1.51. The molecule has 1 aromatic heterocycles. The minimum absolute atomic E-state index is 0.543. The zero-order valence-corrected chi connectivity index (χ0v) is 12.7. The number of aromatic nitrogens is 2. The highest BCUT2D eigenvalue weighted by Crippen LogP contribution is 2.49. The number of hydrogen-bond acceptors (Lipinski definition) is 5. The van der Waals surface area contributed by atoms with E-state index < -0.39 is 0 Å². The summed E-state index contributed by atoms with van der Waals surface area (Å²) in [6.45, 7) is 3.10. The van der Waals surface area contributed by atoms with Gasteiger partial charge >= 0.3 is 0 Å².